The highest BCUT2D eigenvalue weighted by Crippen LogP contribution is 2.23. The maximum absolute atomic E-state index is 11.4. The van der Waals surface area contributed by atoms with Gasteiger partial charge in [0.2, 0.25) is 0 Å². The Hall–Kier alpha value is -2.87. The highest BCUT2D eigenvalue weighted by molar-refractivity contribution is 9.10. The second-order valence-electron chi connectivity index (χ2n) is 5.30. The number of esters is 2. The van der Waals surface area contributed by atoms with E-state index in [9.17, 15) is 14.4 Å². The van der Waals surface area contributed by atoms with Gasteiger partial charge in [0.25, 0.3) is 0 Å². The fraction of sp³-hybridized carbons (Fsp3) is 0.250. The fourth-order valence-corrected chi connectivity index (χ4v) is 2.54. The van der Waals surface area contributed by atoms with E-state index in [4.69, 9.17) is 9.47 Å². The first-order valence-electron chi connectivity index (χ1n) is 7.98. The molecule has 0 aliphatic heterocycles. The number of benzene rings is 2. The van der Waals surface area contributed by atoms with Crippen molar-refractivity contribution in [3.63, 3.8) is 0 Å². The first-order valence-corrected chi connectivity index (χ1v) is 8.77. The lowest BCUT2D eigenvalue weighted by Crippen LogP contribution is -2.08. The molecule has 0 saturated carbocycles. The Morgan fingerprint density at radius 2 is 1.18 bits per heavy atom. The molecule has 8 heteroatoms. The van der Waals surface area contributed by atoms with Gasteiger partial charge in [0, 0.05) is 10.0 Å². The summed E-state index contributed by atoms with van der Waals surface area (Å²) in [6.45, 7) is 1.40. The molecule has 0 bridgehead atoms. The first-order chi connectivity index (χ1) is 13.3. The van der Waals surface area contributed by atoms with E-state index in [1.165, 1.54) is 34.3 Å². The van der Waals surface area contributed by atoms with Crippen molar-refractivity contribution < 1.29 is 33.3 Å². The fourth-order valence-electron chi connectivity index (χ4n) is 2.13. The standard InChI is InChI=1S/C11H12O4.C9H9BrO3/c1-7(12)9-5-4-8(14-2)6-10(9)11(13)15-3;1-12-6-3-4-8(10)7(5-6)9(11)13-2/h4-6H,1-3H3;3-5H,1-2H3. The third-order valence-corrected chi connectivity index (χ3v) is 4.28. The molecule has 0 heterocycles. The molecule has 2 aromatic carbocycles. The van der Waals surface area contributed by atoms with Crippen LogP contribution in [0, 0.1) is 0 Å². The van der Waals surface area contributed by atoms with Crippen molar-refractivity contribution in [3.8, 4) is 11.5 Å². The smallest absolute Gasteiger partial charge is 0.339 e. The largest absolute Gasteiger partial charge is 0.497 e. The predicted octanol–water partition coefficient (Wildman–Crippen LogP) is 3.93. The van der Waals surface area contributed by atoms with Gasteiger partial charge in [-0.1, -0.05) is 0 Å². The molecule has 150 valence electrons. The van der Waals surface area contributed by atoms with E-state index in [1.807, 2.05) is 0 Å². The van der Waals surface area contributed by atoms with Crippen molar-refractivity contribution in [1.82, 2.24) is 0 Å². The number of ketones is 1. The molecule has 0 fully saturated rings. The Morgan fingerprint density at radius 3 is 1.64 bits per heavy atom. The lowest BCUT2D eigenvalue weighted by molar-refractivity contribution is 0.0590. The van der Waals surface area contributed by atoms with Crippen LogP contribution < -0.4 is 9.47 Å². The molecule has 28 heavy (non-hydrogen) atoms. The molecule has 0 spiro atoms. The van der Waals surface area contributed by atoms with Gasteiger partial charge in [0.15, 0.2) is 5.78 Å². The van der Waals surface area contributed by atoms with Gasteiger partial charge in [-0.2, -0.15) is 0 Å². The van der Waals surface area contributed by atoms with E-state index < -0.39 is 5.97 Å². The molecule has 0 aliphatic carbocycles. The summed E-state index contributed by atoms with van der Waals surface area (Å²) in [7, 11) is 5.65. The van der Waals surface area contributed by atoms with Gasteiger partial charge in [0.1, 0.15) is 11.5 Å². The number of halogens is 1. The average Bonchev–Trinajstić information content (AvgIpc) is 2.72. The van der Waals surface area contributed by atoms with E-state index in [-0.39, 0.29) is 17.3 Å². The predicted molar refractivity (Wildman–Crippen MR) is 106 cm³/mol. The van der Waals surface area contributed by atoms with Crippen molar-refractivity contribution in [2.45, 2.75) is 6.92 Å². The molecule has 0 aromatic heterocycles. The lowest BCUT2D eigenvalue weighted by atomic mass is 10.0. The van der Waals surface area contributed by atoms with Crippen molar-refractivity contribution in [2.24, 2.45) is 0 Å². The minimum atomic E-state index is -0.542. The monoisotopic (exact) mass is 452 g/mol. The van der Waals surface area contributed by atoms with Crippen LogP contribution in [-0.4, -0.2) is 46.2 Å². The summed E-state index contributed by atoms with van der Waals surface area (Å²) in [5.74, 6) is 0.0342. The molecule has 0 radical (unpaired) electrons. The zero-order chi connectivity index (χ0) is 21.3. The van der Waals surface area contributed by atoms with Gasteiger partial charge in [-0.25, -0.2) is 9.59 Å². The molecule has 0 aliphatic rings. The second kappa shape index (κ2) is 11.1. The number of carbonyl (C=O) groups is 3. The van der Waals surface area contributed by atoms with Crippen molar-refractivity contribution >= 4 is 33.7 Å². The first kappa shape index (κ1) is 23.2. The highest BCUT2D eigenvalue weighted by atomic mass is 79.9. The van der Waals surface area contributed by atoms with Gasteiger partial charge in [-0.05, 0) is 59.3 Å². The molecule has 0 unspecified atom stereocenters. The number of rotatable bonds is 5. The molecular weight excluding hydrogens is 432 g/mol. The average molecular weight is 453 g/mol. The van der Waals surface area contributed by atoms with E-state index in [2.05, 4.69) is 25.4 Å². The van der Waals surface area contributed by atoms with Crippen LogP contribution in [0.2, 0.25) is 0 Å². The maximum Gasteiger partial charge on any atom is 0.339 e. The second-order valence-corrected chi connectivity index (χ2v) is 6.15. The SMILES string of the molecule is COC(=O)c1cc(OC)ccc1Br.COC(=O)c1cc(OC)ccc1C(C)=O. The molecule has 2 aromatic rings. The van der Waals surface area contributed by atoms with Crippen molar-refractivity contribution in [2.75, 3.05) is 28.4 Å². The Morgan fingerprint density at radius 1 is 0.714 bits per heavy atom. The van der Waals surface area contributed by atoms with Gasteiger partial charge in [0.05, 0.1) is 39.6 Å². The minimum absolute atomic E-state index is 0.182. The molecule has 7 nitrogen and oxygen atoms in total. The summed E-state index contributed by atoms with van der Waals surface area (Å²) in [6, 6.07) is 9.79. The summed E-state index contributed by atoms with van der Waals surface area (Å²) < 4.78 is 19.8. The maximum atomic E-state index is 11.4. The topological polar surface area (TPSA) is 88.1 Å². The molecular formula is C20H21BrO7. The van der Waals surface area contributed by atoms with Crippen LogP contribution in [0.1, 0.15) is 38.0 Å². The summed E-state index contributed by atoms with van der Waals surface area (Å²) in [5.41, 5.74) is 1.02. The molecule has 0 atom stereocenters. The zero-order valence-electron chi connectivity index (χ0n) is 16.2. The zero-order valence-corrected chi connectivity index (χ0v) is 17.8. The Kier molecular flexibility index (Phi) is 9.17. The van der Waals surface area contributed by atoms with Crippen LogP contribution in [0.5, 0.6) is 11.5 Å². The third kappa shape index (κ3) is 6.09. The van der Waals surface area contributed by atoms with Crippen molar-refractivity contribution in [1.29, 1.82) is 0 Å². The van der Waals surface area contributed by atoms with Gasteiger partial charge in [-0.3, -0.25) is 4.79 Å². The van der Waals surface area contributed by atoms with Crippen LogP contribution in [0.4, 0.5) is 0 Å². The number of hydrogen-bond donors (Lipinski definition) is 0. The summed E-state index contributed by atoms with van der Waals surface area (Å²) in [6.07, 6.45) is 0. The van der Waals surface area contributed by atoms with Gasteiger partial charge >= 0.3 is 11.9 Å². The van der Waals surface area contributed by atoms with E-state index in [1.54, 1.807) is 37.4 Å². The van der Waals surface area contributed by atoms with Crippen LogP contribution in [-0.2, 0) is 9.47 Å². The molecule has 0 amide bonds. The number of hydrogen-bond acceptors (Lipinski definition) is 7. The molecule has 2 rings (SSSR count). The van der Waals surface area contributed by atoms with Crippen LogP contribution >= 0.6 is 15.9 Å². The van der Waals surface area contributed by atoms with Gasteiger partial charge < -0.3 is 18.9 Å². The summed E-state index contributed by atoms with van der Waals surface area (Å²) >= 11 is 3.24. The number of methoxy groups -OCH3 is 4. The Bertz CT molecular complexity index is 862. The van der Waals surface area contributed by atoms with Crippen molar-refractivity contribution in [3.05, 3.63) is 57.6 Å². The number of Topliss-reactive ketones (excluding diaryl/α,β-unsaturated/α-hetero) is 1. The summed E-state index contributed by atoms with van der Waals surface area (Å²) in [4.78, 5) is 33.8. The lowest BCUT2D eigenvalue weighted by Gasteiger charge is -2.07. The van der Waals surface area contributed by atoms with Crippen LogP contribution in [0.25, 0.3) is 0 Å². The quantitative estimate of drug-likeness (QED) is 0.501. The minimum Gasteiger partial charge on any atom is -0.497 e. The van der Waals surface area contributed by atoms with E-state index >= 15 is 0 Å². The Labute approximate surface area is 171 Å². The molecule has 0 saturated heterocycles. The number of carbonyl (C=O) groups excluding carboxylic acids is 3. The third-order valence-electron chi connectivity index (χ3n) is 3.59. The van der Waals surface area contributed by atoms with Crippen LogP contribution in [0.15, 0.2) is 40.9 Å². The number of ether oxygens (including phenoxy) is 4. The molecule has 0 N–H and O–H groups in total. The van der Waals surface area contributed by atoms with Gasteiger partial charge in [-0.15, -0.1) is 0 Å². The summed E-state index contributed by atoms with van der Waals surface area (Å²) in [5, 5.41) is 0. The van der Waals surface area contributed by atoms with E-state index in [0.717, 1.165) is 0 Å². The highest BCUT2D eigenvalue weighted by Gasteiger charge is 2.15. The Balaban J connectivity index is 0.000000283. The normalized spacial score (nSPS) is 9.50. The van der Waals surface area contributed by atoms with Crippen LogP contribution in [0.3, 0.4) is 0 Å². The van der Waals surface area contributed by atoms with E-state index in [0.29, 0.717) is 27.1 Å².